The van der Waals surface area contributed by atoms with Crippen molar-refractivity contribution in [2.45, 2.75) is 30.8 Å². The van der Waals surface area contributed by atoms with E-state index in [0.29, 0.717) is 13.0 Å². The minimum absolute atomic E-state index is 0.171. The van der Waals surface area contributed by atoms with Gasteiger partial charge in [-0.05, 0) is 44.0 Å². The van der Waals surface area contributed by atoms with E-state index in [-0.39, 0.29) is 11.0 Å². The predicted octanol–water partition coefficient (Wildman–Crippen LogP) is 2.97. The Labute approximate surface area is 117 Å². The third-order valence-corrected chi connectivity index (χ3v) is 4.31. The van der Waals surface area contributed by atoms with Gasteiger partial charge in [-0.15, -0.1) is 0 Å². The first kappa shape index (κ1) is 15.6. The molecule has 6 heteroatoms. The molecule has 0 unspecified atom stereocenters. The SMILES string of the molecule is COCCC[C@H](C)OS(=O)(=O)c1ccc(Br)cc1. The minimum atomic E-state index is -3.68. The molecule has 1 rings (SSSR count). The topological polar surface area (TPSA) is 52.6 Å². The van der Waals surface area contributed by atoms with Gasteiger partial charge in [0.25, 0.3) is 10.1 Å². The van der Waals surface area contributed by atoms with E-state index in [0.717, 1.165) is 10.9 Å². The van der Waals surface area contributed by atoms with Gasteiger partial charge in [0.15, 0.2) is 0 Å². The average molecular weight is 337 g/mol. The molecule has 18 heavy (non-hydrogen) atoms. The van der Waals surface area contributed by atoms with E-state index in [4.69, 9.17) is 8.92 Å². The molecule has 0 saturated heterocycles. The first-order valence-electron chi connectivity index (χ1n) is 5.63. The summed E-state index contributed by atoms with van der Waals surface area (Å²) in [5.41, 5.74) is 0. The second-order valence-corrected chi connectivity index (χ2v) is 6.44. The van der Waals surface area contributed by atoms with Gasteiger partial charge in [0, 0.05) is 18.2 Å². The van der Waals surface area contributed by atoms with Crippen LogP contribution in [0.15, 0.2) is 33.6 Å². The van der Waals surface area contributed by atoms with Crippen molar-refractivity contribution in [1.82, 2.24) is 0 Å². The zero-order chi connectivity index (χ0) is 13.6. The van der Waals surface area contributed by atoms with Crippen LogP contribution in [0.25, 0.3) is 0 Å². The molecule has 0 aromatic heterocycles. The Hall–Kier alpha value is -0.430. The lowest BCUT2D eigenvalue weighted by Gasteiger charge is -2.12. The normalized spacial score (nSPS) is 13.5. The van der Waals surface area contributed by atoms with Gasteiger partial charge in [0.1, 0.15) is 0 Å². The maximum absolute atomic E-state index is 11.9. The fourth-order valence-corrected chi connectivity index (χ4v) is 2.81. The van der Waals surface area contributed by atoms with E-state index >= 15 is 0 Å². The highest BCUT2D eigenvalue weighted by Crippen LogP contribution is 2.18. The van der Waals surface area contributed by atoms with Gasteiger partial charge in [0.05, 0.1) is 11.0 Å². The van der Waals surface area contributed by atoms with E-state index in [2.05, 4.69) is 15.9 Å². The molecule has 0 aliphatic carbocycles. The molecule has 102 valence electrons. The molecule has 0 aliphatic heterocycles. The molecule has 0 spiro atoms. The highest BCUT2D eigenvalue weighted by atomic mass is 79.9. The van der Waals surface area contributed by atoms with Crippen molar-refractivity contribution in [3.8, 4) is 0 Å². The summed E-state index contributed by atoms with van der Waals surface area (Å²) in [7, 11) is -2.06. The van der Waals surface area contributed by atoms with Crippen molar-refractivity contribution in [2.75, 3.05) is 13.7 Å². The number of ether oxygens (including phenoxy) is 1. The largest absolute Gasteiger partial charge is 0.385 e. The van der Waals surface area contributed by atoms with Gasteiger partial charge in [0.2, 0.25) is 0 Å². The monoisotopic (exact) mass is 336 g/mol. The minimum Gasteiger partial charge on any atom is -0.385 e. The molecular weight excluding hydrogens is 320 g/mol. The summed E-state index contributed by atoms with van der Waals surface area (Å²) < 4.78 is 34.7. The summed E-state index contributed by atoms with van der Waals surface area (Å²) in [6, 6.07) is 6.38. The van der Waals surface area contributed by atoms with Crippen molar-refractivity contribution >= 4 is 26.0 Å². The van der Waals surface area contributed by atoms with E-state index in [1.807, 2.05) is 0 Å². The van der Waals surface area contributed by atoms with Crippen molar-refractivity contribution in [3.63, 3.8) is 0 Å². The van der Waals surface area contributed by atoms with Gasteiger partial charge >= 0.3 is 0 Å². The Morgan fingerprint density at radius 2 is 1.89 bits per heavy atom. The summed E-state index contributed by atoms with van der Waals surface area (Å²) in [4.78, 5) is 0.171. The first-order valence-corrected chi connectivity index (χ1v) is 7.83. The Kier molecular flexibility index (Phi) is 6.28. The number of halogens is 1. The van der Waals surface area contributed by atoms with Gasteiger partial charge in [-0.25, -0.2) is 0 Å². The third kappa shape index (κ3) is 5.06. The average Bonchev–Trinajstić information content (AvgIpc) is 2.29. The van der Waals surface area contributed by atoms with Crippen LogP contribution in [-0.4, -0.2) is 28.2 Å². The zero-order valence-corrected chi connectivity index (χ0v) is 12.8. The predicted molar refractivity (Wildman–Crippen MR) is 73.0 cm³/mol. The fraction of sp³-hybridized carbons (Fsp3) is 0.500. The van der Waals surface area contributed by atoms with Crippen LogP contribution in [0.2, 0.25) is 0 Å². The molecule has 0 fully saturated rings. The number of hydrogen-bond donors (Lipinski definition) is 0. The molecule has 0 amide bonds. The fourth-order valence-electron chi connectivity index (χ4n) is 1.44. The number of benzene rings is 1. The van der Waals surface area contributed by atoms with Crippen molar-refractivity contribution < 1.29 is 17.3 Å². The summed E-state index contributed by atoms with van der Waals surface area (Å²) in [6.45, 7) is 2.35. The maximum Gasteiger partial charge on any atom is 0.297 e. The molecule has 0 bridgehead atoms. The van der Waals surface area contributed by atoms with Gasteiger partial charge < -0.3 is 4.74 Å². The highest BCUT2D eigenvalue weighted by molar-refractivity contribution is 9.10. The molecule has 0 aliphatic rings. The smallest absolute Gasteiger partial charge is 0.297 e. The summed E-state index contributed by atoms with van der Waals surface area (Å²) in [5, 5.41) is 0. The summed E-state index contributed by atoms with van der Waals surface area (Å²) >= 11 is 3.26. The zero-order valence-electron chi connectivity index (χ0n) is 10.4. The Morgan fingerprint density at radius 1 is 1.28 bits per heavy atom. The molecule has 4 nitrogen and oxygen atoms in total. The second kappa shape index (κ2) is 7.23. The van der Waals surface area contributed by atoms with Crippen LogP contribution in [0.3, 0.4) is 0 Å². The van der Waals surface area contributed by atoms with Gasteiger partial charge in [-0.3, -0.25) is 4.18 Å². The van der Waals surface area contributed by atoms with Crippen molar-refractivity contribution in [3.05, 3.63) is 28.7 Å². The molecule has 0 heterocycles. The van der Waals surface area contributed by atoms with Crippen LogP contribution in [0.1, 0.15) is 19.8 Å². The maximum atomic E-state index is 11.9. The van der Waals surface area contributed by atoms with E-state index in [9.17, 15) is 8.42 Å². The highest BCUT2D eigenvalue weighted by Gasteiger charge is 2.18. The molecule has 1 aromatic carbocycles. The molecule has 1 atom stereocenters. The van der Waals surface area contributed by atoms with Gasteiger partial charge in [-0.2, -0.15) is 8.42 Å². The van der Waals surface area contributed by atoms with E-state index < -0.39 is 10.1 Å². The lowest BCUT2D eigenvalue weighted by Crippen LogP contribution is -2.16. The lowest BCUT2D eigenvalue weighted by atomic mass is 10.2. The van der Waals surface area contributed by atoms with Crippen LogP contribution in [-0.2, 0) is 19.0 Å². The summed E-state index contributed by atoms with van der Waals surface area (Å²) in [6.07, 6.45) is 1.06. The molecule has 0 N–H and O–H groups in total. The molecule has 0 saturated carbocycles. The Morgan fingerprint density at radius 3 is 2.44 bits per heavy atom. The second-order valence-electron chi connectivity index (χ2n) is 3.95. The molecule has 0 radical (unpaired) electrons. The van der Waals surface area contributed by atoms with Crippen LogP contribution >= 0.6 is 15.9 Å². The van der Waals surface area contributed by atoms with Crippen LogP contribution in [0, 0.1) is 0 Å². The van der Waals surface area contributed by atoms with E-state index in [1.54, 1.807) is 26.2 Å². The Bertz CT molecular complexity index is 455. The van der Waals surface area contributed by atoms with Gasteiger partial charge in [-0.1, -0.05) is 15.9 Å². The van der Waals surface area contributed by atoms with Crippen LogP contribution in [0.5, 0.6) is 0 Å². The lowest BCUT2D eigenvalue weighted by molar-refractivity contribution is 0.163. The van der Waals surface area contributed by atoms with E-state index in [1.165, 1.54) is 12.1 Å². The van der Waals surface area contributed by atoms with Crippen LogP contribution < -0.4 is 0 Å². The number of rotatable bonds is 7. The number of hydrogen-bond acceptors (Lipinski definition) is 4. The quantitative estimate of drug-likeness (QED) is 0.567. The molecule has 1 aromatic rings. The third-order valence-electron chi connectivity index (χ3n) is 2.35. The summed E-state index contributed by atoms with van der Waals surface area (Å²) in [5.74, 6) is 0. The Balaban J connectivity index is 2.61. The number of methoxy groups -OCH3 is 1. The van der Waals surface area contributed by atoms with Crippen LogP contribution in [0.4, 0.5) is 0 Å². The first-order chi connectivity index (χ1) is 8.45. The van der Waals surface area contributed by atoms with Crippen molar-refractivity contribution in [2.24, 2.45) is 0 Å². The molecular formula is C12H17BrO4S. The van der Waals surface area contributed by atoms with Crippen molar-refractivity contribution in [1.29, 1.82) is 0 Å². The standard InChI is InChI=1S/C12H17BrO4S/c1-10(4-3-9-16-2)17-18(14,15)12-7-5-11(13)6-8-12/h5-8,10H,3-4,9H2,1-2H3/t10-/m0/s1.